The van der Waals surface area contributed by atoms with E-state index in [2.05, 4.69) is 15.0 Å². The molecule has 1 fully saturated rings. The van der Waals surface area contributed by atoms with Gasteiger partial charge in [0.1, 0.15) is 5.75 Å². The highest BCUT2D eigenvalue weighted by atomic mass is 19.3. The standard InChI is InChI=1S/C18H23F2N5O2/c1-11(21)13-7-9-24(10-8-13)17(26)16-12(2)25(23-22-16)14-3-5-15(6-4-14)27-18(19)20/h3-6,11,13,18H,7-10,21H2,1-2H3. The molecule has 1 unspecified atom stereocenters. The molecule has 0 saturated carbocycles. The Morgan fingerprint density at radius 2 is 1.89 bits per heavy atom. The monoisotopic (exact) mass is 379 g/mol. The van der Waals surface area contributed by atoms with Gasteiger partial charge < -0.3 is 15.4 Å². The first-order chi connectivity index (χ1) is 12.9. The van der Waals surface area contributed by atoms with Crippen LogP contribution in [-0.2, 0) is 0 Å². The molecular formula is C18H23F2N5O2. The second-order valence-corrected chi connectivity index (χ2v) is 6.80. The van der Waals surface area contributed by atoms with Crippen molar-refractivity contribution in [3.63, 3.8) is 0 Å². The number of hydrogen-bond donors (Lipinski definition) is 1. The van der Waals surface area contributed by atoms with Gasteiger partial charge in [-0.25, -0.2) is 4.68 Å². The molecule has 3 rings (SSSR count). The number of piperidine rings is 1. The Balaban J connectivity index is 1.72. The number of alkyl halides is 2. The van der Waals surface area contributed by atoms with E-state index in [-0.39, 0.29) is 17.7 Å². The fourth-order valence-electron chi connectivity index (χ4n) is 3.32. The summed E-state index contributed by atoms with van der Waals surface area (Å²) >= 11 is 0. The van der Waals surface area contributed by atoms with Crippen LogP contribution in [0, 0.1) is 12.8 Å². The number of rotatable bonds is 5. The molecule has 0 bridgehead atoms. The molecular weight excluding hydrogens is 356 g/mol. The molecule has 27 heavy (non-hydrogen) atoms. The summed E-state index contributed by atoms with van der Waals surface area (Å²) in [6.07, 6.45) is 1.75. The lowest BCUT2D eigenvalue weighted by Gasteiger charge is -2.33. The maximum absolute atomic E-state index is 12.8. The number of nitrogens with two attached hydrogens (primary N) is 1. The van der Waals surface area contributed by atoms with Crippen LogP contribution in [0.5, 0.6) is 5.75 Å². The molecule has 2 N–H and O–H groups in total. The lowest BCUT2D eigenvalue weighted by molar-refractivity contribution is -0.0498. The van der Waals surface area contributed by atoms with Gasteiger partial charge in [0.15, 0.2) is 5.69 Å². The Bertz CT molecular complexity index is 784. The summed E-state index contributed by atoms with van der Waals surface area (Å²) in [5.41, 5.74) is 7.44. The number of hydrogen-bond acceptors (Lipinski definition) is 5. The van der Waals surface area contributed by atoms with Crippen molar-refractivity contribution in [1.82, 2.24) is 19.9 Å². The molecule has 1 amide bonds. The van der Waals surface area contributed by atoms with Gasteiger partial charge in [-0.2, -0.15) is 8.78 Å². The van der Waals surface area contributed by atoms with Gasteiger partial charge in [-0.15, -0.1) is 5.10 Å². The Hall–Kier alpha value is -2.55. The summed E-state index contributed by atoms with van der Waals surface area (Å²) in [6, 6.07) is 6.14. The van der Waals surface area contributed by atoms with E-state index in [1.54, 1.807) is 24.0 Å². The number of carbonyl (C=O) groups excluding carboxylic acids is 1. The van der Waals surface area contributed by atoms with Gasteiger partial charge in [0.25, 0.3) is 5.91 Å². The number of halogens is 2. The molecule has 1 aliphatic rings. The van der Waals surface area contributed by atoms with E-state index in [4.69, 9.17) is 5.73 Å². The van der Waals surface area contributed by atoms with Gasteiger partial charge in [0.2, 0.25) is 0 Å². The average Bonchev–Trinajstić information content (AvgIpc) is 3.03. The van der Waals surface area contributed by atoms with Gasteiger partial charge in [-0.3, -0.25) is 4.79 Å². The van der Waals surface area contributed by atoms with Crippen LogP contribution in [0.1, 0.15) is 35.9 Å². The molecule has 2 heterocycles. The zero-order chi connectivity index (χ0) is 19.6. The molecule has 1 atom stereocenters. The number of likely N-dealkylation sites (tertiary alicyclic amines) is 1. The van der Waals surface area contributed by atoms with Gasteiger partial charge in [-0.05, 0) is 56.9 Å². The number of amides is 1. The Morgan fingerprint density at radius 1 is 1.26 bits per heavy atom. The third-order valence-electron chi connectivity index (χ3n) is 4.97. The van der Waals surface area contributed by atoms with Crippen molar-refractivity contribution in [3.05, 3.63) is 35.7 Å². The number of ether oxygens (including phenoxy) is 1. The third-order valence-corrected chi connectivity index (χ3v) is 4.97. The number of benzene rings is 1. The van der Waals surface area contributed by atoms with E-state index in [1.165, 1.54) is 16.8 Å². The summed E-state index contributed by atoms with van der Waals surface area (Å²) < 4.78 is 30.3. The topological polar surface area (TPSA) is 86.3 Å². The number of aromatic nitrogens is 3. The average molecular weight is 379 g/mol. The van der Waals surface area contributed by atoms with E-state index in [0.717, 1.165) is 12.8 Å². The molecule has 1 saturated heterocycles. The molecule has 0 radical (unpaired) electrons. The highest BCUT2D eigenvalue weighted by Crippen LogP contribution is 2.23. The van der Waals surface area contributed by atoms with Crippen LogP contribution in [0.25, 0.3) is 5.69 Å². The molecule has 1 aromatic carbocycles. The molecule has 1 aliphatic heterocycles. The minimum absolute atomic E-state index is 0.0554. The van der Waals surface area contributed by atoms with Crippen molar-refractivity contribution in [2.75, 3.05) is 13.1 Å². The summed E-state index contributed by atoms with van der Waals surface area (Å²) in [4.78, 5) is 14.6. The Labute approximate surface area is 156 Å². The third kappa shape index (κ3) is 4.24. The van der Waals surface area contributed by atoms with Crippen LogP contribution < -0.4 is 10.5 Å². The molecule has 0 aliphatic carbocycles. The minimum Gasteiger partial charge on any atom is -0.435 e. The second kappa shape index (κ2) is 7.99. The first-order valence-corrected chi connectivity index (χ1v) is 8.89. The predicted octanol–water partition coefficient (Wildman–Crippen LogP) is 2.38. The Kier molecular flexibility index (Phi) is 5.69. The summed E-state index contributed by atoms with van der Waals surface area (Å²) in [7, 11) is 0. The quantitative estimate of drug-likeness (QED) is 0.862. The van der Waals surface area contributed by atoms with Gasteiger partial charge in [0, 0.05) is 19.1 Å². The first kappa shape index (κ1) is 19.2. The maximum Gasteiger partial charge on any atom is 0.387 e. The second-order valence-electron chi connectivity index (χ2n) is 6.80. The number of nitrogens with zero attached hydrogens (tertiary/aromatic N) is 4. The maximum atomic E-state index is 12.8. The van der Waals surface area contributed by atoms with E-state index in [0.29, 0.717) is 36.1 Å². The molecule has 146 valence electrons. The van der Waals surface area contributed by atoms with E-state index in [1.807, 2.05) is 6.92 Å². The van der Waals surface area contributed by atoms with Crippen LogP contribution >= 0.6 is 0 Å². The lowest BCUT2D eigenvalue weighted by atomic mass is 9.91. The highest BCUT2D eigenvalue weighted by Gasteiger charge is 2.28. The van der Waals surface area contributed by atoms with Crippen molar-refractivity contribution >= 4 is 5.91 Å². The highest BCUT2D eigenvalue weighted by molar-refractivity contribution is 5.93. The van der Waals surface area contributed by atoms with E-state index >= 15 is 0 Å². The van der Waals surface area contributed by atoms with E-state index < -0.39 is 6.61 Å². The van der Waals surface area contributed by atoms with Crippen molar-refractivity contribution in [1.29, 1.82) is 0 Å². The summed E-state index contributed by atoms with van der Waals surface area (Å²) in [5.74, 6) is 0.333. The smallest absolute Gasteiger partial charge is 0.387 e. The van der Waals surface area contributed by atoms with Crippen LogP contribution in [0.2, 0.25) is 0 Å². The van der Waals surface area contributed by atoms with Crippen LogP contribution in [0.3, 0.4) is 0 Å². The molecule has 9 heteroatoms. The molecule has 0 spiro atoms. The van der Waals surface area contributed by atoms with E-state index in [9.17, 15) is 13.6 Å². The van der Waals surface area contributed by atoms with Crippen LogP contribution in [-0.4, -0.2) is 51.5 Å². The van der Waals surface area contributed by atoms with Crippen molar-refractivity contribution < 1.29 is 18.3 Å². The van der Waals surface area contributed by atoms with Crippen LogP contribution in [0.4, 0.5) is 8.78 Å². The first-order valence-electron chi connectivity index (χ1n) is 8.89. The van der Waals surface area contributed by atoms with Crippen LogP contribution in [0.15, 0.2) is 24.3 Å². The lowest BCUT2D eigenvalue weighted by Crippen LogP contribution is -2.42. The summed E-state index contributed by atoms with van der Waals surface area (Å²) in [6.45, 7) is 2.18. The molecule has 1 aromatic heterocycles. The minimum atomic E-state index is -2.88. The van der Waals surface area contributed by atoms with Gasteiger partial charge >= 0.3 is 6.61 Å². The molecule has 7 nitrogen and oxygen atoms in total. The molecule has 2 aromatic rings. The largest absolute Gasteiger partial charge is 0.435 e. The zero-order valence-electron chi connectivity index (χ0n) is 15.3. The Morgan fingerprint density at radius 3 is 2.44 bits per heavy atom. The van der Waals surface area contributed by atoms with Gasteiger partial charge in [0.05, 0.1) is 11.4 Å². The van der Waals surface area contributed by atoms with Gasteiger partial charge in [-0.1, -0.05) is 5.21 Å². The predicted molar refractivity (Wildman–Crippen MR) is 95.0 cm³/mol. The zero-order valence-corrected chi connectivity index (χ0v) is 15.3. The van der Waals surface area contributed by atoms with Crippen molar-refractivity contribution in [3.8, 4) is 11.4 Å². The summed E-state index contributed by atoms with van der Waals surface area (Å²) in [5, 5.41) is 8.08. The fraction of sp³-hybridized carbons (Fsp3) is 0.500. The van der Waals surface area contributed by atoms with Crippen molar-refractivity contribution in [2.24, 2.45) is 11.7 Å². The fourth-order valence-corrected chi connectivity index (χ4v) is 3.32. The SMILES string of the molecule is Cc1c(C(=O)N2CCC(C(C)N)CC2)nnn1-c1ccc(OC(F)F)cc1. The normalized spacial score (nSPS) is 16.6. The van der Waals surface area contributed by atoms with Crippen molar-refractivity contribution in [2.45, 2.75) is 39.3 Å². The number of carbonyl (C=O) groups is 1.